The van der Waals surface area contributed by atoms with Crippen molar-refractivity contribution in [1.29, 1.82) is 0 Å². The highest BCUT2D eigenvalue weighted by Gasteiger charge is 2.23. The van der Waals surface area contributed by atoms with Gasteiger partial charge in [-0.2, -0.15) is 0 Å². The molecular weight excluding hydrogens is 268 g/mol. The largest absolute Gasteiger partial charge is 0.495 e. The summed E-state index contributed by atoms with van der Waals surface area (Å²) in [6.45, 7) is 3.52. The molecule has 106 valence electrons. The van der Waals surface area contributed by atoms with Crippen molar-refractivity contribution >= 4 is 21.4 Å². The van der Waals surface area contributed by atoms with Crippen molar-refractivity contribution in [3.8, 4) is 5.75 Å². The Morgan fingerprint density at radius 1 is 1.42 bits per heavy atom. The standard InChI is InChI=1S/C12H18N2O4S/c1-8(2)14-12(15)7-19(16,17)11-5-4-9(13)6-10(11)18-3/h4-6,8H,7,13H2,1-3H3,(H,14,15). The summed E-state index contributed by atoms with van der Waals surface area (Å²) in [6, 6.07) is 4.09. The first-order valence-corrected chi connectivity index (χ1v) is 7.37. The van der Waals surface area contributed by atoms with Crippen LogP contribution in [0.3, 0.4) is 0 Å². The number of methoxy groups -OCH3 is 1. The van der Waals surface area contributed by atoms with Crippen LogP contribution in [0.1, 0.15) is 13.8 Å². The lowest BCUT2D eigenvalue weighted by molar-refractivity contribution is -0.119. The zero-order chi connectivity index (χ0) is 14.6. The van der Waals surface area contributed by atoms with Crippen molar-refractivity contribution in [2.24, 2.45) is 0 Å². The fraction of sp³-hybridized carbons (Fsp3) is 0.417. The predicted molar refractivity (Wildman–Crippen MR) is 72.7 cm³/mol. The lowest BCUT2D eigenvalue weighted by Crippen LogP contribution is -2.35. The van der Waals surface area contributed by atoms with Crippen molar-refractivity contribution in [3.05, 3.63) is 18.2 Å². The number of anilines is 1. The normalized spacial score (nSPS) is 11.4. The molecule has 0 radical (unpaired) electrons. The number of amides is 1. The third kappa shape index (κ3) is 4.13. The molecule has 0 saturated heterocycles. The topological polar surface area (TPSA) is 98.5 Å². The minimum atomic E-state index is -3.76. The second-order valence-electron chi connectivity index (χ2n) is 4.39. The van der Waals surface area contributed by atoms with Crippen LogP contribution in [0.15, 0.2) is 23.1 Å². The van der Waals surface area contributed by atoms with E-state index >= 15 is 0 Å². The third-order valence-corrected chi connectivity index (χ3v) is 3.94. The van der Waals surface area contributed by atoms with E-state index in [2.05, 4.69) is 5.32 Å². The molecule has 1 aromatic carbocycles. The Labute approximate surface area is 112 Å². The minimum absolute atomic E-state index is 0.0388. The molecule has 0 atom stereocenters. The number of ether oxygens (including phenoxy) is 1. The summed E-state index contributed by atoms with van der Waals surface area (Å²) in [5, 5.41) is 2.53. The number of carbonyl (C=O) groups excluding carboxylic acids is 1. The average Bonchev–Trinajstić information content (AvgIpc) is 2.26. The molecule has 0 bridgehead atoms. The van der Waals surface area contributed by atoms with Crippen LogP contribution in [-0.2, 0) is 14.6 Å². The van der Waals surface area contributed by atoms with Crippen LogP contribution in [0.25, 0.3) is 0 Å². The summed E-state index contributed by atoms with van der Waals surface area (Å²) in [7, 11) is -2.41. The molecule has 7 heteroatoms. The second kappa shape index (κ2) is 5.92. The maximum atomic E-state index is 12.1. The first-order chi connectivity index (χ1) is 8.76. The van der Waals surface area contributed by atoms with Crippen molar-refractivity contribution in [2.45, 2.75) is 24.8 Å². The summed E-state index contributed by atoms with van der Waals surface area (Å²) in [5.41, 5.74) is 5.95. The Hall–Kier alpha value is -1.76. The van der Waals surface area contributed by atoms with Gasteiger partial charge in [-0.15, -0.1) is 0 Å². The van der Waals surface area contributed by atoms with Gasteiger partial charge in [0.2, 0.25) is 5.91 Å². The maximum absolute atomic E-state index is 12.1. The van der Waals surface area contributed by atoms with E-state index < -0.39 is 21.5 Å². The molecule has 6 nitrogen and oxygen atoms in total. The van der Waals surface area contributed by atoms with Gasteiger partial charge in [0.15, 0.2) is 9.84 Å². The van der Waals surface area contributed by atoms with E-state index in [0.29, 0.717) is 5.69 Å². The number of nitrogens with one attached hydrogen (secondary N) is 1. The monoisotopic (exact) mass is 286 g/mol. The van der Waals surface area contributed by atoms with Crippen LogP contribution in [0.5, 0.6) is 5.75 Å². The van der Waals surface area contributed by atoms with Gasteiger partial charge in [-0.1, -0.05) is 0 Å². The van der Waals surface area contributed by atoms with Crippen LogP contribution >= 0.6 is 0 Å². The van der Waals surface area contributed by atoms with Gasteiger partial charge in [0, 0.05) is 17.8 Å². The number of rotatable bonds is 5. The Bertz CT molecular complexity index is 567. The highest BCUT2D eigenvalue weighted by atomic mass is 32.2. The van der Waals surface area contributed by atoms with Crippen LogP contribution in [-0.4, -0.2) is 33.2 Å². The lowest BCUT2D eigenvalue weighted by atomic mass is 10.3. The van der Waals surface area contributed by atoms with Gasteiger partial charge < -0.3 is 15.8 Å². The summed E-state index contributed by atoms with van der Waals surface area (Å²) in [4.78, 5) is 11.5. The van der Waals surface area contributed by atoms with Crippen molar-refractivity contribution in [1.82, 2.24) is 5.32 Å². The first kappa shape index (κ1) is 15.3. The molecule has 0 spiro atoms. The molecule has 0 aromatic heterocycles. The molecule has 3 N–H and O–H groups in total. The van der Waals surface area contributed by atoms with Gasteiger partial charge in [-0.25, -0.2) is 8.42 Å². The molecule has 0 unspecified atom stereocenters. The zero-order valence-electron chi connectivity index (χ0n) is 11.1. The zero-order valence-corrected chi connectivity index (χ0v) is 12.0. The van der Waals surface area contributed by atoms with Crippen molar-refractivity contribution in [3.63, 3.8) is 0 Å². The van der Waals surface area contributed by atoms with E-state index in [1.54, 1.807) is 13.8 Å². The minimum Gasteiger partial charge on any atom is -0.495 e. The predicted octanol–water partition coefficient (Wildman–Crippen LogP) is 0.576. The number of sulfone groups is 1. The number of benzene rings is 1. The fourth-order valence-electron chi connectivity index (χ4n) is 1.56. The summed E-state index contributed by atoms with van der Waals surface area (Å²) in [6.07, 6.45) is 0. The Kier molecular flexibility index (Phi) is 4.77. The molecule has 1 amide bonds. The molecule has 0 heterocycles. The third-order valence-electron chi connectivity index (χ3n) is 2.29. The van der Waals surface area contributed by atoms with Gasteiger partial charge in [-0.05, 0) is 26.0 Å². The molecule has 0 aliphatic carbocycles. The summed E-state index contributed by atoms with van der Waals surface area (Å²) < 4.78 is 29.3. The van der Waals surface area contributed by atoms with Crippen molar-refractivity contribution in [2.75, 3.05) is 18.6 Å². The van der Waals surface area contributed by atoms with Crippen LogP contribution < -0.4 is 15.8 Å². The number of hydrogen-bond donors (Lipinski definition) is 2. The van der Waals surface area contributed by atoms with Gasteiger partial charge >= 0.3 is 0 Å². The highest BCUT2D eigenvalue weighted by Crippen LogP contribution is 2.26. The number of nitrogen functional groups attached to an aromatic ring is 1. The number of carbonyl (C=O) groups is 1. The molecule has 1 rings (SSSR count). The molecule has 19 heavy (non-hydrogen) atoms. The summed E-state index contributed by atoms with van der Waals surface area (Å²) >= 11 is 0. The van der Waals surface area contributed by atoms with Gasteiger partial charge in [0.05, 0.1) is 7.11 Å². The van der Waals surface area contributed by atoms with Crippen LogP contribution in [0.2, 0.25) is 0 Å². The van der Waals surface area contributed by atoms with E-state index in [9.17, 15) is 13.2 Å². The molecule has 0 aliphatic rings. The Balaban J connectivity index is 3.04. The molecule has 1 aromatic rings. The van der Waals surface area contributed by atoms with E-state index in [1.165, 1.54) is 25.3 Å². The van der Waals surface area contributed by atoms with E-state index in [0.717, 1.165) is 0 Å². The molecule has 0 fully saturated rings. The quantitative estimate of drug-likeness (QED) is 0.771. The first-order valence-electron chi connectivity index (χ1n) is 5.72. The summed E-state index contributed by atoms with van der Waals surface area (Å²) in [5.74, 6) is -1.03. The smallest absolute Gasteiger partial charge is 0.235 e. The molecule has 0 saturated carbocycles. The van der Waals surface area contributed by atoms with Crippen LogP contribution in [0, 0.1) is 0 Å². The van der Waals surface area contributed by atoms with Crippen molar-refractivity contribution < 1.29 is 17.9 Å². The lowest BCUT2D eigenvalue weighted by Gasteiger charge is -2.11. The Morgan fingerprint density at radius 2 is 2.05 bits per heavy atom. The fourth-order valence-corrected chi connectivity index (χ4v) is 2.86. The number of hydrogen-bond acceptors (Lipinski definition) is 5. The van der Waals surface area contributed by atoms with Crippen LogP contribution in [0.4, 0.5) is 5.69 Å². The second-order valence-corrected chi connectivity index (χ2v) is 6.35. The Morgan fingerprint density at radius 3 is 2.58 bits per heavy atom. The average molecular weight is 286 g/mol. The van der Waals surface area contributed by atoms with E-state index in [-0.39, 0.29) is 16.7 Å². The SMILES string of the molecule is COc1cc(N)ccc1S(=O)(=O)CC(=O)NC(C)C. The highest BCUT2D eigenvalue weighted by molar-refractivity contribution is 7.92. The molecular formula is C12H18N2O4S. The van der Waals surface area contributed by atoms with E-state index in [1.807, 2.05) is 0 Å². The number of nitrogens with two attached hydrogens (primary N) is 1. The molecule has 0 aliphatic heterocycles. The van der Waals surface area contributed by atoms with E-state index in [4.69, 9.17) is 10.5 Å². The van der Waals surface area contributed by atoms with Gasteiger partial charge in [0.1, 0.15) is 16.4 Å². The van der Waals surface area contributed by atoms with Gasteiger partial charge in [-0.3, -0.25) is 4.79 Å². The van der Waals surface area contributed by atoms with Gasteiger partial charge in [0.25, 0.3) is 0 Å². The maximum Gasteiger partial charge on any atom is 0.235 e.